The maximum atomic E-state index is 11.8. The molecule has 0 N–H and O–H groups in total. The Morgan fingerprint density at radius 2 is 0.853 bits per heavy atom. The Kier molecular flexibility index (Phi) is 5.22. The monoisotopic (exact) mass is 488 g/mol. The molecule has 0 saturated heterocycles. The molecule has 0 amide bonds. The summed E-state index contributed by atoms with van der Waals surface area (Å²) < 4.78 is 47.2. The fourth-order valence-electron chi connectivity index (χ4n) is 4.09. The third kappa shape index (κ3) is 3.95. The zero-order valence-electron chi connectivity index (χ0n) is 18.4. The number of rotatable bonds is 4. The molecule has 0 spiro atoms. The number of pyridine rings is 2. The Balaban J connectivity index is 1.67. The van der Waals surface area contributed by atoms with Crippen LogP contribution in [-0.4, -0.2) is 39.3 Å². The van der Waals surface area contributed by atoms with E-state index in [4.69, 9.17) is 0 Å². The average Bonchev–Trinajstić information content (AvgIpc) is 2.82. The second kappa shape index (κ2) is 8.00. The third-order valence-electron chi connectivity index (χ3n) is 5.81. The lowest BCUT2D eigenvalue weighted by Crippen LogP contribution is -1.96. The largest absolute Gasteiger partial charge is 0.254 e. The summed E-state index contributed by atoms with van der Waals surface area (Å²) >= 11 is 0. The number of aromatic nitrogens is 2. The van der Waals surface area contributed by atoms with Gasteiger partial charge in [-0.15, -0.1) is 0 Å². The molecule has 0 aliphatic rings. The molecule has 34 heavy (non-hydrogen) atoms. The molecule has 6 nitrogen and oxygen atoms in total. The molecule has 0 saturated carbocycles. The minimum atomic E-state index is -3.27. The summed E-state index contributed by atoms with van der Waals surface area (Å²) in [6, 6.07) is 21.4. The van der Waals surface area contributed by atoms with Crippen LogP contribution in [-0.2, 0) is 19.7 Å². The van der Waals surface area contributed by atoms with E-state index in [2.05, 4.69) is 9.97 Å². The summed E-state index contributed by atoms with van der Waals surface area (Å²) in [5.41, 5.74) is 5.08. The van der Waals surface area contributed by atoms with Crippen LogP contribution in [0.3, 0.4) is 0 Å². The molecule has 0 aliphatic heterocycles. The normalized spacial score (nSPS) is 12.3. The van der Waals surface area contributed by atoms with Gasteiger partial charge in [0.2, 0.25) is 0 Å². The molecule has 0 radical (unpaired) electrons. The zero-order valence-corrected chi connectivity index (χ0v) is 20.1. The van der Waals surface area contributed by atoms with E-state index >= 15 is 0 Å². The Morgan fingerprint density at radius 3 is 1.18 bits per heavy atom. The average molecular weight is 489 g/mol. The summed E-state index contributed by atoms with van der Waals surface area (Å²) in [7, 11) is -6.54. The number of fused-ring (bicyclic) bond motifs is 3. The standard InChI is InChI=1S/C26H20N2O4S2/c1-33(29,30)19-7-3-17(4-8-19)21-13-15-27-25-23(21)11-12-24-22(14-16-28-26(24)25)18-5-9-20(10-6-18)34(2,31)32/h3-16H,1-2H3. The molecule has 170 valence electrons. The van der Waals surface area contributed by atoms with Crippen molar-refractivity contribution < 1.29 is 16.8 Å². The fourth-order valence-corrected chi connectivity index (χ4v) is 5.36. The van der Waals surface area contributed by atoms with Gasteiger partial charge in [-0.05, 0) is 58.7 Å². The van der Waals surface area contributed by atoms with Crippen LogP contribution in [0, 0.1) is 0 Å². The van der Waals surface area contributed by atoms with Crippen LogP contribution in [0.2, 0.25) is 0 Å². The van der Waals surface area contributed by atoms with Crippen LogP contribution in [0.15, 0.2) is 95.0 Å². The maximum absolute atomic E-state index is 11.8. The topological polar surface area (TPSA) is 94.1 Å². The van der Waals surface area contributed by atoms with Crippen molar-refractivity contribution in [2.75, 3.05) is 12.5 Å². The second-order valence-electron chi connectivity index (χ2n) is 8.17. The Labute approximate surface area is 197 Å². The fraction of sp³-hybridized carbons (Fsp3) is 0.0769. The van der Waals surface area contributed by atoms with Crippen molar-refractivity contribution in [3.8, 4) is 22.3 Å². The summed E-state index contributed by atoms with van der Waals surface area (Å²) in [5, 5.41) is 1.80. The number of hydrogen-bond donors (Lipinski definition) is 0. The van der Waals surface area contributed by atoms with Crippen LogP contribution in [0.4, 0.5) is 0 Å². The van der Waals surface area contributed by atoms with Crippen molar-refractivity contribution >= 4 is 41.5 Å². The van der Waals surface area contributed by atoms with Crippen LogP contribution in [0.25, 0.3) is 44.1 Å². The number of sulfone groups is 2. The van der Waals surface area contributed by atoms with Crippen molar-refractivity contribution in [2.45, 2.75) is 9.79 Å². The highest BCUT2D eigenvalue weighted by molar-refractivity contribution is 7.91. The zero-order chi connectivity index (χ0) is 24.1. The van der Waals surface area contributed by atoms with E-state index in [1.807, 2.05) is 24.3 Å². The van der Waals surface area contributed by atoms with Gasteiger partial charge in [-0.25, -0.2) is 16.8 Å². The van der Waals surface area contributed by atoms with Gasteiger partial charge >= 0.3 is 0 Å². The van der Waals surface area contributed by atoms with E-state index in [0.29, 0.717) is 0 Å². The molecule has 5 aromatic rings. The molecular formula is C26H20N2O4S2. The first kappa shape index (κ1) is 22.2. The van der Waals surface area contributed by atoms with Crippen molar-refractivity contribution in [3.05, 3.63) is 85.2 Å². The van der Waals surface area contributed by atoms with E-state index in [9.17, 15) is 16.8 Å². The van der Waals surface area contributed by atoms with Gasteiger partial charge in [0.25, 0.3) is 0 Å². The lowest BCUT2D eigenvalue weighted by atomic mass is 9.96. The predicted molar refractivity (Wildman–Crippen MR) is 134 cm³/mol. The first-order valence-electron chi connectivity index (χ1n) is 10.4. The van der Waals surface area contributed by atoms with Gasteiger partial charge in [-0.2, -0.15) is 0 Å². The summed E-state index contributed by atoms with van der Waals surface area (Å²) in [6.45, 7) is 0. The minimum Gasteiger partial charge on any atom is -0.254 e. The van der Waals surface area contributed by atoms with E-state index in [1.54, 1.807) is 60.9 Å². The Morgan fingerprint density at radius 1 is 0.500 bits per heavy atom. The first-order valence-corrected chi connectivity index (χ1v) is 14.2. The number of benzene rings is 3. The van der Waals surface area contributed by atoms with E-state index in [-0.39, 0.29) is 9.79 Å². The van der Waals surface area contributed by atoms with Crippen molar-refractivity contribution in [3.63, 3.8) is 0 Å². The van der Waals surface area contributed by atoms with Crippen molar-refractivity contribution in [2.24, 2.45) is 0 Å². The van der Waals surface area contributed by atoms with Gasteiger partial charge in [-0.3, -0.25) is 9.97 Å². The van der Waals surface area contributed by atoms with Crippen LogP contribution >= 0.6 is 0 Å². The molecule has 8 heteroatoms. The van der Waals surface area contributed by atoms with E-state index < -0.39 is 19.7 Å². The van der Waals surface area contributed by atoms with Gasteiger partial charge in [0.05, 0.1) is 20.8 Å². The highest BCUT2D eigenvalue weighted by Crippen LogP contribution is 2.35. The van der Waals surface area contributed by atoms with Crippen molar-refractivity contribution in [1.82, 2.24) is 9.97 Å². The Hall–Kier alpha value is -3.62. The number of nitrogens with zero attached hydrogens (tertiary/aromatic N) is 2. The Bertz CT molecular complexity index is 1640. The molecule has 5 rings (SSSR count). The van der Waals surface area contributed by atoms with Crippen molar-refractivity contribution in [1.29, 1.82) is 0 Å². The molecule has 2 aromatic heterocycles. The molecule has 0 fully saturated rings. The number of hydrogen-bond acceptors (Lipinski definition) is 6. The van der Waals surface area contributed by atoms with Gasteiger partial charge in [-0.1, -0.05) is 36.4 Å². The molecule has 0 bridgehead atoms. The highest BCUT2D eigenvalue weighted by atomic mass is 32.2. The molecule has 0 atom stereocenters. The second-order valence-corrected chi connectivity index (χ2v) is 12.2. The van der Waals surface area contributed by atoms with E-state index in [0.717, 1.165) is 44.1 Å². The predicted octanol–water partition coefficient (Wildman–Crippen LogP) is 4.92. The molecule has 2 heterocycles. The minimum absolute atomic E-state index is 0.272. The summed E-state index contributed by atoms with van der Waals surface area (Å²) in [4.78, 5) is 9.73. The quantitative estimate of drug-likeness (QED) is 0.333. The first-order chi connectivity index (χ1) is 16.1. The molecule has 0 unspecified atom stereocenters. The maximum Gasteiger partial charge on any atom is 0.175 e. The van der Waals surface area contributed by atoms with Gasteiger partial charge < -0.3 is 0 Å². The molecule has 3 aromatic carbocycles. The SMILES string of the molecule is CS(=O)(=O)c1ccc(-c2ccnc3c2ccc2c(-c4ccc(S(C)(=O)=O)cc4)ccnc23)cc1. The lowest BCUT2D eigenvalue weighted by molar-refractivity contribution is 0.600. The van der Waals surface area contributed by atoms with Gasteiger partial charge in [0.1, 0.15) is 0 Å². The third-order valence-corrected chi connectivity index (χ3v) is 8.07. The van der Waals surface area contributed by atoms with Gasteiger partial charge in [0.15, 0.2) is 19.7 Å². The van der Waals surface area contributed by atoms with Crippen LogP contribution in [0.1, 0.15) is 0 Å². The molecule has 0 aliphatic carbocycles. The van der Waals surface area contributed by atoms with E-state index in [1.165, 1.54) is 12.5 Å². The van der Waals surface area contributed by atoms with Crippen LogP contribution in [0.5, 0.6) is 0 Å². The van der Waals surface area contributed by atoms with Crippen LogP contribution < -0.4 is 0 Å². The summed E-state index contributed by atoms with van der Waals surface area (Å²) in [5.74, 6) is 0. The smallest absolute Gasteiger partial charge is 0.175 e. The molecular weight excluding hydrogens is 468 g/mol. The van der Waals surface area contributed by atoms with Gasteiger partial charge in [0, 0.05) is 35.7 Å². The summed E-state index contributed by atoms with van der Waals surface area (Å²) in [6.07, 6.45) is 5.82. The highest BCUT2D eigenvalue weighted by Gasteiger charge is 2.14. The lowest BCUT2D eigenvalue weighted by Gasteiger charge is -2.11.